The molecule has 4 nitrogen and oxygen atoms in total. The number of hydrogen-bond acceptors (Lipinski definition) is 3. The Bertz CT molecular complexity index is 1180. The van der Waals surface area contributed by atoms with Crippen molar-refractivity contribution in [3.05, 3.63) is 95.1 Å². The summed E-state index contributed by atoms with van der Waals surface area (Å²) in [7, 11) is 0.617. The van der Waals surface area contributed by atoms with Crippen LogP contribution in [0.25, 0.3) is 0 Å². The molecular weight excluding hydrogens is 439 g/mol. The highest BCUT2D eigenvalue weighted by molar-refractivity contribution is 7.53. The molecule has 0 radical (unpaired) electrons. The van der Waals surface area contributed by atoms with E-state index >= 15 is 0 Å². The number of rotatable bonds is 4. The second-order valence-corrected chi connectivity index (χ2v) is 12.7. The fraction of sp³-hybridized carbons (Fsp3) is 0.345. The summed E-state index contributed by atoms with van der Waals surface area (Å²) < 4.78 is 10.8. The number of para-hydroxylation sites is 1. The van der Waals surface area contributed by atoms with Crippen molar-refractivity contribution >= 4 is 20.0 Å². The van der Waals surface area contributed by atoms with E-state index in [1.807, 2.05) is 54.2 Å². The lowest BCUT2D eigenvalue weighted by molar-refractivity contribution is 0.0847. The van der Waals surface area contributed by atoms with Crippen LogP contribution in [0, 0.1) is 0 Å². The molecule has 1 aliphatic rings. The Hall–Kier alpha value is -2.84. The summed E-state index contributed by atoms with van der Waals surface area (Å²) in [4.78, 5) is 13.7. The summed E-state index contributed by atoms with van der Waals surface area (Å²) in [6.45, 7) is 13.8. The van der Waals surface area contributed by atoms with Gasteiger partial charge in [-0.25, -0.2) is 0 Å². The van der Waals surface area contributed by atoms with Gasteiger partial charge in [0.25, 0.3) is 5.91 Å². The van der Waals surface area contributed by atoms with E-state index in [2.05, 4.69) is 76.5 Å². The molecule has 0 saturated heterocycles. The molecule has 1 amide bonds. The lowest BCUT2D eigenvalue weighted by Crippen LogP contribution is -2.38. The van der Waals surface area contributed by atoms with E-state index in [-0.39, 0.29) is 16.7 Å². The molecule has 1 heterocycles. The van der Waals surface area contributed by atoms with Gasteiger partial charge in [0.2, 0.25) is 0 Å². The van der Waals surface area contributed by atoms with E-state index in [1.54, 1.807) is 0 Å². The first-order valence-electron chi connectivity index (χ1n) is 11.8. The minimum Gasteiger partial charge on any atom is -0.436 e. The van der Waals surface area contributed by atoms with Crippen LogP contribution in [0.2, 0.25) is 0 Å². The molecule has 0 saturated carbocycles. The minimum absolute atomic E-state index is 0.00674. The third kappa shape index (κ3) is 4.83. The molecule has 0 aliphatic carbocycles. The molecule has 3 aromatic rings. The first-order valence-corrected chi connectivity index (χ1v) is 12.9. The van der Waals surface area contributed by atoms with E-state index in [9.17, 15) is 4.79 Å². The van der Waals surface area contributed by atoms with E-state index in [4.69, 9.17) is 4.52 Å². The lowest BCUT2D eigenvalue weighted by atomic mass is 9.80. The SMILES string of the molecule is CN1c2ccccc2C(=O)N(Cc2ccccc2)P1Oc1ccc(C(C)(C)C)cc1C(C)(C)C. The Morgan fingerprint density at radius 2 is 1.47 bits per heavy atom. The van der Waals surface area contributed by atoms with Crippen LogP contribution in [0.3, 0.4) is 0 Å². The third-order valence-corrected chi connectivity index (χ3v) is 8.01. The molecule has 0 fully saturated rings. The summed E-state index contributed by atoms with van der Waals surface area (Å²) in [5.74, 6) is 0.844. The molecule has 3 aromatic carbocycles. The number of hydrogen-bond donors (Lipinski definition) is 0. The Morgan fingerprint density at radius 3 is 2.12 bits per heavy atom. The zero-order chi connectivity index (χ0) is 24.7. The van der Waals surface area contributed by atoms with Crippen molar-refractivity contribution in [2.45, 2.75) is 58.9 Å². The molecule has 0 aromatic heterocycles. The van der Waals surface area contributed by atoms with Crippen LogP contribution >= 0.6 is 8.45 Å². The molecule has 1 unspecified atom stereocenters. The highest BCUT2D eigenvalue weighted by atomic mass is 31.2. The van der Waals surface area contributed by atoms with Crippen LogP contribution in [-0.4, -0.2) is 17.6 Å². The predicted octanol–water partition coefficient (Wildman–Crippen LogP) is 7.68. The largest absolute Gasteiger partial charge is 0.436 e. The summed E-state index contributed by atoms with van der Waals surface area (Å²) in [5, 5.41) is 0. The van der Waals surface area contributed by atoms with Crippen LogP contribution in [0.1, 0.15) is 68.6 Å². The van der Waals surface area contributed by atoms with Crippen LogP contribution in [0.4, 0.5) is 5.69 Å². The van der Waals surface area contributed by atoms with Gasteiger partial charge in [0, 0.05) is 12.6 Å². The van der Waals surface area contributed by atoms with Gasteiger partial charge in [-0.05, 0) is 40.2 Å². The molecule has 5 heteroatoms. The number of carbonyl (C=O) groups excluding carboxylic acids is 1. The highest BCUT2D eigenvalue weighted by Gasteiger charge is 2.40. The zero-order valence-electron chi connectivity index (χ0n) is 21.3. The summed E-state index contributed by atoms with van der Waals surface area (Å²) in [5.41, 5.74) is 5.07. The average molecular weight is 475 g/mol. The quantitative estimate of drug-likeness (QED) is 0.364. The van der Waals surface area contributed by atoms with Crippen molar-refractivity contribution < 1.29 is 9.32 Å². The van der Waals surface area contributed by atoms with Gasteiger partial charge in [-0.3, -0.25) is 9.46 Å². The van der Waals surface area contributed by atoms with Crippen LogP contribution in [-0.2, 0) is 17.4 Å². The molecule has 1 atom stereocenters. The van der Waals surface area contributed by atoms with Gasteiger partial charge in [0.15, 0.2) is 0 Å². The van der Waals surface area contributed by atoms with Crippen molar-refractivity contribution in [2.75, 3.05) is 11.7 Å². The number of nitrogens with zero attached hydrogens (tertiary/aromatic N) is 2. The molecule has 178 valence electrons. The standard InChI is InChI=1S/C29H35N2O2P/c1-28(2,3)22-17-18-26(24(19-22)29(4,5)6)33-34-30(7)25-16-12-11-15-23(25)27(32)31(34)20-21-13-9-8-10-14-21/h8-19H,20H2,1-7H3. The molecule has 0 bridgehead atoms. The van der Waals surface area contributed by atoms with Crippen LogP contribution < -0.4 is 9.19 Å². The maximum absolute atomic E-state index is 13.7. The van der Waals surface area contributed by atoms with Gasteiger partial charge in [-0.2, -0.15) is 0 Å². The second-order valence-electron chi connectivity index (χ2n) is 10.9. The van der Waals surface area contributed by atoms with Crippen molar-refractivity contribution in [2.24, 2.45) is 0 Å². The van der Waals surface area contributed by atoms with E-state index in [0.717, 1.165) is 22.6 Å². The van der Waals surface area contributed by atoms with Gasteiger partial charge in [-0.1, -0.05) is 96.1 Å². The van der Waals surface area contributed by atoms with Crippen molar-refractivity contribution in [3.63, 3.8) is 0 Å². The Labute approximate surface area is 205 Å². The number of benzene rings is 3. The maximum atomic E-state index is 13.7. The van der Waals surface area contributed by atoms with Crippen LogP contribution in [0.5, 0.6) is 5.75 Å². The minimum atomic E-state index is -1.41. The van der Waals surface area contributed by atoms with Gasteiger partial charge in [0.1, 0.15) is 5.75 Å². The number of amides is 1. The molecule has 4 rings (SSSR count). The molecule has 0 spiro atoms. The zero-order valence-corrected chi connectivity index (χ0v) is 22.2. The topological polar surface area (TPSA) is 32.8 Å². The lowest BCUT2D eigenvalue weighted by Gasteiger charge is -2.42. The summed E-state index contributed by atoms with van der Waals surface area (Å²) in [6, 6.07) is 24.4. The summed E-state index contributed by atoms with van der Waals surface area (Å²) >= 11 is 0. The molecule has 1 aliphatic heterocycles. The first kappa shape index (κ1) is 24.3. The van der Waals surface area contributed by atoms with Crippen molar-refractivity contribution in [1.29, 1.82) is 0 Å². The average Bonchev–Trinajstić information content (AvgIpc) is 2.79. The summed E-state index contributed by atoms with van der Waals surface area (Å²) in [6.07, 6.45) is 0. The third-order valence-electron chi connectivity index (χ3n) is 6.19. The van der Waals surface area contributed by atoms with Gasteiger partial charge in [0.05, 0.1) is 17.8 Å². The molecule has 0 N–H and O–H groups in total. The van der Waals surface area contributed by atoms with Crippen LogP contribution in [0.15, 0.2) is 72.8 Å². The number of anilines is 1. The number of fused-ring (bicyclic) bond motifs is 1. The smallest absolute Gasteiger partial charge is 0.312 e. The van der Waals surface area contributed by atoms with Crippen molar-refractivity contribution in [1.82, 2.24) is 4.67 Å². The Morgan fingerprint density at radius 1 is 0.824 bits per heavy atom. The maximum Gasteiger partial charge on any atom is 0.312 e. The fourth-order valence-corrected chi connectivity index (χ4v) is 5.94. The van der Waals surface area contributed by atoms with E-state index in [1.165, 1.54) is 5.56 Å². The normalized spacial score (nSPS) is 16.4. The molecule has 34 heavy (non-hydrogen) atoms. The highest BCUT2D eigenvalue weighted by Crippen LogP contribution is 2.54. The predicted molar refractivity (Wildman–Crippen MR) is 143 cm³/mol. The van der Waals surface area contributed by atoms with Crippen molar-refractivity contribution in [3.8, 4) is 5.75 Å². The molecular formula is C29H35N2O2P. The fourth-order valence-electron chi connectivity index (χ4n) is 4.16. The van der Waals surface area contributed by atoms with E-state index in [0.29, 0.717) is 12.1 Å². The Balaban J connectivity index is 1.79. The monoisotopic (exact) mass is 474 g/mol. The second kappa shape index (κ2) is 9.07. The number of carbonyl (C=O) groups is 1. The Kier molecular flexibility index (Phi) is 6.48. The van der Waals surface area contributed by atoms with E-state index < -0.39 is 8.45 Å². The van der Waals surface area contributed by atoms with Gasteiger partial charge in [-0.15, -0.1) is 0 Å². The van der Waals surface area contributed by atoms with Gasteiger partial charge < -0.3 is 9.19 Å². The first-order chi connectivity index (χ1) is 16.0. The van der Waals surface area contributed by atoms with Gasteiger partial charge >= 0.3 is 8.45 Å².